The van der Waals surface area contributed by atoms with Crippen molar-refractivity contribution in [2.45, 2.75) is 45.3 Å². The van der Waals surface area contributed by atoms with Gasteiger partial charge in [0.05, 0.1) is 16.6 Å². The molecule has 3 rings (SSSR count). The molecule has 7 heteroatoms. The maximum Gasteiger partial charge on any atom is 0.416 e. The van der Waals surface area contributed by atoms with Crippen LogP contribution in [0.5, 0.6) is 0 Å². The summed E-state index contributed by atoms with van der Waals surface area (Å²) >= 11 is 0. The number of carbonyl (C=O) groups is 1. The number of hydrogen-bond donors (Lipinski definition) is 2. The topological polar surface area (TPSA) is 57.8 Å². The molecule has 0 saturated carbocycles. The van der Waals surface area contributed by atoms with Crippen LogP contribution in [-0.2, 0) is 30.4 Å². The van der Waals surface area contributed by atoms with Crippen molar-refractivity contribution in [3.63, 3.8) is 0 Å². The third-order valence-electron chi connectivity index (χ3n) is 4.49. The Bertz CT molecular complexity index is 946. The molecule has 0 aliphatic carbocycles. The Morgan fingerprint density at radius 2 is 1.79 bits per heavy atom. The maximum absolute atomic E-state index is 12.6. The Morgan fingerprint density at radius 3 is 2.46 bits per heavy atom. The van der Waals surface area contributed by atoms with Gasteiger partial charge in [-0.15, -0.1) is 0 Å². The van der Waals surface area contributed by atoms with Crippen LogP contribution in [0.1, 0.15) is 42.3 Å². The second kappa shape index (κ2) is 8.46. The zero-order chi connectivity index (χ0) is 20.1. The number of benzene rings is 2. The van der Waals surface area contributed by atoms with Crippen molar-refractivity contribution in [1.29, 1.82) is 0 Å². The zero-order valence-electron chi connectivity index (χ0n) is 15.6. The van der Waals surface area contributed by atoms with E-state index in [-0.39, 0.29) is 12.5 Å². The van der Waals surface area contributed by atoms with Gasteiger partial charge in [0.1, 0.15) is 5.82 Å². The highest BCUT2D eigenvalue weighted by Gasteiger charge is 2.29. The molecule has 0 saturated heterocycles. The molecule has 0 fully saturated rings. The van der Waals surface area contributed by atoms with E-state index in [1.54, 1.807) is 0 Å². The van der Waals surface area contributed by atoms with Gasteiger partial charge in [0.25, 0.3) is 0 Å². The summed E-state index contributed by atoms with van der Waals surface area (Å²) in [6.07, 6.45) is -1.55. The predicted octanol–water partition coefficient (Wildman–Crippen LogP) is 4.78. The monoisotopic (exact) mass is 389 g/mol. The second-order valence-electron chi connectivity index (χ2n) is 6.76. The van der Waals surface area contributed by atoms with E-state index in [1.807, 2.05) is 18.2 Å². The fourth-order valence-corrected chi connectivity index (χ4v) is 2.98. The average Bonchev–Trinajstić information content (AvgIpc) is 3.06. The number of amides is 1. The first-order chi connectivity index (χ1) is 13.3. The number of alkyl halides is 3. The summed E-state index contributed by atoms with van der Waals surface area (Å²) in [5, 5.41) is 2.75. The molecule has 0 atom stereocenters. The smallest absolute Gasteiger partial charge is 0.352 e. The average molecular weight is 389 g/mol. The van der Waals surface area contributed by atoms with E-state index in [2.05, 4.69) is 22.2 Å². The molecule has 0 radical (unpaired) electrons. The third kappa shape index (κ3) is 5.12. The number of hydrogen-bond acceptors (Lipinski definition) is 2. The lowest BCUT2D eigenvalue weighted by Gasteiger charge is -2.09. The highest BCUT2D eigenvalue weighted by Crippen LogP contribution is 2.29. The number of aryl methyl sites for hydroxylation is 2. The first-order valence-electron chi connectivity index (χ1n) is 9.25. The van der Waals surface area contributed by atoms with Gasteiger partial charge in [-0.3, -0.25) is 4.79 Å². The Hall–Kier alpha value is -2.83. The number of imidazole rings is 1. The van der Waals surface area contributed by atoms with Gasteiger partial charge in [0.15, 0.2) is 0 Å². The first kappa shape index (κ1) is 19.9. The summed E-state index contributed by atoms with van der Waals surface area (Å²) in [5.74, 6) is 0.820. The number of nitrogens with one attached hydrogen (secondary N) is 2. The van der Waals surface area contributed by atoms with Gasteiger partial charge in [-0.25, -0.2) is 4.98 Å². The highest BCUT2D eigenvalue weighted by atomic mass is 19.4. The van der Waals surface area contributed by atoms with Crippen LogP contribution in [0.15, 0.2) is 42.5 Å². The summed E-state index contributed by atoms with van der Waals surface area (Å²) in [5.41, 5.74) is 2.84. The minimum Gasteiger partial charge on any atom is -0.352 e. The van der Waals surface area contributed by atoms with Gasteiger partial charge >= 0.3 is 6.18 Å². The molecule has 0 bridgehead atoms. The number of aromatic nitrogens is 2. The van der Waals surface area contributed by atoms with Crippen molar-refractivity contribution >= 4 is 16.9 Å². The quantitative estimate of drug-likeness (QED) is 0.611. The van der Waals surface area contributed by atoms with E-state index in [1.165, 1.54) is 12.1 Å². The highest BCUT2D eigenvalue weighted by molar-refractivity contribution is 5.78. The van der Waals surface area contributed by atoms with E-state index in [9.17, 15) is 18.0 Å². The number of carbonyl (C=O) groups excluding carboxylic acids is 1. The second-order valence-corrected chi connectivity index (χ2v) is 6.76. The molecule has 0 aliphatic rings. The van der Waals surface area contributed by atoms with Crippen LogP contribution >= 0.6 is 0 Å². The van der Waals surface area contributed by atoms with Crippen molar-refractivity contribution < 1.29 is 18.0 Å². The zero-order valence-corrected chi connectivity index (χ0v) is 15.6. The fraction of sp³-hybridized carbons (Fsp3) is 0.333. The Kier molecular flexibility index (Phi) is 6.02. The molecule has 0 aliphatic heterocycles. The largest absolute Gasteiger partial charge is 0.416 e. The molecule has 148 valence electrons. The minimum atomic E-state index is -4.35. The lowest BCUT2D eigenvalue weighted by molar-refractivity contribution is -0.137. The van der Waals surface area contributed by atoms with Crippen LogP contribution < -0.4 is 5.32 Å². The van der Waals surface area contributed by atoms with Crippen LogP contribution in [0.25, 0.3) is 11.0 Å². The Balaban J connectivity index is 1.50. The van der Waals surface area contributed by atoms with Gasteiger partial charge in [-0.2, -0.15) is 13.2 Å². The van der Waals surface area contributed by atoms with Crippen LogP contribution in [0.2, 0.25) is 0 Å². The number of halogens is 3. The number of fused-ring (bicyclic) bond motifs is 1. The molecular formula is C21H22F3N3O. The molecule has 28 heavy (non-hydrogen) atoms. The van der Waals surface area contributed by atoms with E-state index >= 15 is 0 Å². The maximum atomic E-state index is 12.6. The number of rotatable bonds is 7. The van der Waals surface area contributed by atoms with Crippen molar-refractivity contribution in [3.8, 4) is 0 Å². The van der Waals surface area contributed by atoms with Gasteiger partial charge in [-0.1, -0.05) is 25.1 Å². The molecule has 1 aromatic heterocycles. The number of aromatic amines is 1. The van der Waals surface area contributed by atoms with Crippen molar-refractivity contribution in [2.75, 3.05) is 0 Å². The van der Waals surface area contributed by atoms with Crippen molar-refractivity contribution in [2.24, 2.45) is 0 Å². The third-order valence-corrected chi connectivity index (χ3v) is 4.49. The molecule has 0 unspecified atom stereocenters. The minimum absolute atomic E-state index is 0.142. The molecule has 3 aromatic rings. The Labute approximate surface area is 161 Å². The molecule has 0 spiro atoms. The predicted molar refractivity (Wildman–Crippen MR) is 102 cm³/mol. The van der Waals surface area contributed by atoms with E-state index < -0.39 is 11.7 Å². The van der Waals surface area contributed by atoms with Crippen LogP contribution in [0.3, 0.4) is 0 Å². The number of H-pyrrole nitrogens is 1. The van der Waals surface area contributed by atoms with Crippen LogP contribution in [0, 0.1) is 0 Å². The van der Waals surface area contributed by atoms with Gasteiger partial charge in [0, 0.05) is 19.4 Å². The SMILES string of the molecule is CCCc1nc2ccc(CCC(=O)NCc3ccc(C(F)(F)F)cc3)cc2[nH]1. The molecule has 2 N–H and O–H groups in total. The summed E-state index contributed by atoms with van der Waals surface area (Å²) in [7, 11) is 0. The van der Waals surface area contributed by atoms with E-state index in [0.29, 0.717) is 18.4 Å². The van der Waals surface area contributed by atoms with Crippen LogP contribution in [0.4, 0.5) is 13.2 Å². The van der Waals surface area contributed by atoms with Crippen molar-refractivity contribution in [3.05, 3.63) is 65.0 Å². The van der Waals surface area contributed by atoms with E-state index in [4.69, 9.17) is 0 Å². The fourth-order valence-electron chi connectivity index (χ4n) is 2.98. The van der Waals surface area contributed by atoms with Gasteiger partial charge in [0.2, 0.25) is 5.91 Å². The van der Waals surface area contributed by atoms with E-state index in [0.717, 1.165) is 47.4 Å². The summed E-state index contributed by atoms with van der Waals surface area (Å²) < 4.78 is 37.7. The summed E-state index contributed by atoms with van der Waals surface area (Å²) in [4.78, 5) is 19.9. The van der Waals surface area contributed by atoms with Gasteiger partial charge in [-0.05, 0) is 48.2 Å². The summed E-state index contributed by atoms with van der Waals surface area (Å²) in [6.45, 7) is 2.30. The molecule has 2 aromatic carbocycles. The molecular weight excluding hydrogens is 367 g/mol. The summed E-state index contributed by atoms with van der Waals surface area (Å²) in [6, 6.07) is 10.7. The normalized spacial score (nSPS) is 11.7. The van der Waals surface area contributed by atoms with Gasteiger partial charge < -0.3 is 10.3 Å². The molecule has 1 amide bonds. The Morgan fingerprint density at radius 1 is 1.07 bits per heavy atom. The van der Waals surface area contributed by atoms with Crippen LogP contribution in [-0.4, -0.2) is 15.9 Å². The standard InChI is InChI=1S/C21H22F3N3O/c1-2-3-19-26-17-10-6-14(12-18(17)27-19)7-11-20(28)25-13-15-4-8-16(9-5-15)21(22,23)24/h4-6,8-10,12H,2-3,7,11,13H2,1H3,(H,25,28)(H,26,27). The molecule has 4 nitrogen and oxygen atoms in total. The molecule has 1 heterocycles. The van der Waals surface area contributed by atoms with Crippen molar-refractivity contribution in [1.82, 2.24) is 15.3 Å². The first-order valence-corrected chi connectivity index (χ1v) is 9.25. The number of nitrogens with zero attached hydrogens (tertiary/aromatic N) is 1. The lowest BCUT2D eigenvalue weighted by atomic mass is 10.1. The lowest BCUT2D eigenvalue weighted by Crippen LogP contribution is -2.23.